The number of methoxy groups -OCH3 is 1. The first-order valence-electron chi connectivity index (χ1n) is 17.3. The van der Waals surface area contributed by atoms with Crippen molar-refractivity contribution in [2.45, 2.75) is 71.1 Å². The number of thiazole rings is 1. The van der Waals surface area contributed by atoms with Crippen molar-refractivity contribution >= 4 is 78.4 Å². The van der Waals surface area contributed by atoms with Crippen LogP contribution < -0.4 is 5.73 Å². The van der Waals surface area contributed by atoms with E-state index in [0.29, 0.717) is 33.1 Å². The van der Waals surface area contributed by atoms with Gasteiger partial charge in [0.05, 0.1) is 23.2 Å². The van der Waals surface area contributed by atoms with Crippen molar-refractivity contribution < 1.29 is 14.6 Å². The van der Waals surface area contributed by atoms with Gasteiger partial charge in [0.2, 0.25) is 0 Å². The van der Waals surface area contributed by atoms with Crippen LogP contribution in [-0.2, 0) is 16.8 Å². The standard InChI is InChI=1S/C21H21N3O3S.C10H12ClNSi.C5H3BrClN.C5H10Si/c1-12-8-16(24-18(22)9-12)17-11-23-20(28-17)21(26)7-3-4-13-10-14(19(25)27-2)5-6-15(13)21;1-13(2,3)7-5-9-4-6-12-10(11)8-9;6-4-1-2-8-5(7)3-4;1-5-6(2,3)4/h5-6,8-11,26H,3-4,7H2,1-2H3,(H2,22,24);4,6,8H,1-3H3;1-3H;1H,2-4H3/t21-;;;/m1.../s1. The summed E-state index contributed by atoms with van der Waals surface area (Å²) in [6.07, 6.45) is 12.4. The first kappa shape index (κ1) is 45.5. The summed E-state index contributed by atoms with van der Waals surface area (Å²) in [6.45, 7) is 15.0. The molecule has 5 aromatic rings. The summed E-state index contributed by atoms with van der Waals surface area (Å²) in [7, 11) is -1.02. The number of anilines is 1. The van der Waals surface area contributed by atoms with Crippen molar-refractivity contribution in [1.29, 1.82) is 0 Å². The quantitative estimate of drug-likeness (QED) is 0.0794. The van der Waals surface area contributed by atoms with E-state index in [-0.39, 0.29) is 5.97 Å². The van der Waals surface area contributed by atoms with Crippen LogP contribution in [-0.4, -0.2) is 54.3 Å². The summed E-state index contributed by atoms with van der Waals surface area (Å²) in [5.74, 6) is 3.19. The number of aryl methyl sites for hydroxylation is 2. The average molecular weight is 896 g/mol. The Bertz CT molecular complexity index is 2170. The number of carbonyl (C=O) groups excluding carboxylic acids is 1. The number of aliphatic hydroxyl groups is 1. The highest BCUT2D eigenvalue weighted by atomic mass is 79.9. The Morgan fingerprint density at radius 2 is 1.64 bits per heavy atom. The molecule has 0 unspecified atom stereocenters. The molecule has 1 aliphatic carbocycles. The fourth-order valence-electron chi connectivity index (χ4n) is 4.86. The van der Waals surface area contributed by atoms with Crippen molar-refractivity contribution in [3.8, 4) is 34.0 Å². The summed E-state index contributed by atoms with van der Waals surface area (Å²) in [4.78, 5) is 29.3. The molecule has 4 aromatic heterocycles. The molecule has 1 atom stereocenters. The zero-order chi connectivity index (χ0) is 41.0. The Labute approximate surface area is 349 Å². The highest BCUT2D eigenvalue weighted by molar-refractivity contribution is 9.10. The maximum Gasteiger partial charge on any atom is 0.337 e. The van der Waals surface area contributed by atoms with Gasteiger partial charge in [-0.2, -0.15) is 0 Å². The lowest BCUT2D eigenvalue weighted by molar-refractivity contribution is 0.0583. The summed E-state index contributed by atoms with van der Waals surface area (Å²) in [5.41, 5.74) is 15.7. The molecule has 0 fully saturated rings. The van der Waals surface area contributed by atoms with Crippen molar-refractivity contribution in [2.75, 3.05) is 12.8 Å². The lowest BCUT2D eigenvalue weighted by atomic mass is 9.79. The first-order chi connectivity index (χ1) is 25.7. The van der Waals surface area contributed by atoms with Crippen molar-refractivity contribution in [3.05, 3.63) is 121 Å². The predicted octanol–water partition coefficient (Wildman–Crippen LogP) is 10.4. The summed E-state index contributed by atoms with van der Waals surface area (Å²) in [6, 6.07) is 16.3. The topological polar surface area (TPSA) is 124 Å². The van der Waals surface area contributed by atoms with E-state index in [1.54, 1.807) is 36.8 Å². The van der Waals surface area contributed by atoms with E-state index in [0.717, 1.165) is 50.1 Å². The smallest absolute Gasteiger partial charge is 0.337 e. The molecule has 0 amide bonds. The molecule has 1 aromatic carbocycles. The molecule has 0 radical (unpaired) electrons. The lowest BCUT2D eigenvalue weighted by Crippen LogP contribution is -2.32. The number of fused-ring (bicyclic) bond motifs is 1. The minimum atomic E-state index is -1.28. The predicted molar refractivity (Wildman–Crippen MR) is 237 cm³/mol. The minimum absolute atomic E-state index is 0.378. The Hall–Kier alpha value is -3.86. The van der Waals surface area contributed by atoms with Gasteiger partial charge in [0.15, 0.2) is 0 Å². The van der Waals surface area contributed by atoms with Gasteiger partial charge in [0, 0.05) is 28.6 Å². The number of terminal acetylenes is 1. The third-order valence-electron chi connectivity index (χ3n) is 7.49. The number of hydrogen-bond donors (Lipinski definition) is 2. The van der Waals surface area contributed by atoms with Gasteiger partial charge < -0.3 is 15.6 Å². The third kappa shape index (κ3) is 15.0. The maximum atomic E-state index is 11.8. The summed E-state index contributed by atoms with van der Waals surface area (Å²) < 4.78 is 5.76. The molecule has 55 heavy (non-hydrogen) atoms. The molecular formula is C41H46BrCl2N5O3SSi2. The fourth-order valence-corrected chi connectivity index (χ4v) is 7.21. The van der Waals surface area contributed by atoms with E-state index in [1.807, 2.05) is 43.3 Å². The van der Waals surface area contributed by atoms with Crippen LogP contribution in [0.1, 0.15) is 50.5 Å². The summed E-state index contributed by atoms with van der Waals surface area (Å²) >= 11 is 15.9. The molecule has 4 heterocycles. The SMILES string of the molecule is C#C[Si](C)(C)C.COC(=O)c1ccc2c(c1)CCC[C@]2(O)c1ncc(-c2cc(C)cc(N)n2)s1.C[Si](C)(C)C#Cc1ccnc(Cl)c1.Clc1cc(Br)ccn1. The van der Waals surface area contributed by atoms with E-state index < -0.39 is 21.7 Å². The van der Waals surface area contributed by atoms with Crippen molar-refractivity contribution in [1.82, 2.24) is 19.9 Å². The van der Waals surface area contributed by atoms with Gasteiger partial charge in [-0.15, -0.1) is 28.8 Å². The number of pyridine rings is 3. The molecule has 288 valence electrons. The molecule has 3 N–H and O–H groups in total. The second-order valence-corrected chi connectivity index (χ2v) is 26.9. The zero-order valence-electron chi connectivity index (χ0n) is 32.3. The van der Waals surface area contributed by atoms with Crippen LogP contribution in [0.2, 0.25) is 49.6 Å². The van der Waals surface area contributed by atoms with Crippen LogP contribution in [0.5, 0.6) is 0 Å². The van der Waals surface area contributed by atoms with Crippen molar-refractivity contribution in [2.24, 2.45) is 0 Å². The van der Waals surface area contributed by atoms with Gasteiger partial charge in [0.25, 0.3) is 0 Å². The van der Waals surface area contributed by atoms with E-state index in [1.165, 1.54) is 18.4 Å². The third-order valence-corrected chi connectivity index (χ3v) is 11.3. The summed E-state index contributed by atoms with van der Waals surface area (Å²) in [5, 5.41) is 13.2. The van der Waals surface area contributed by atoms with Crippen molar-refractivity contribution in [3.63, 3.8) is 0 Å². The molecular weight excluding hydrogens is 850 g/mol. The largest absolute Gasteiger partial charge is 0.465 e. The van der Waals surface area contributed by atoms with Crippen LogP contribution in [0.15, 0.2) is 77.7 Å². The van der Waals surface area contributed by atoms with E-state index in [9.17, 15) is 9.90 Å². The molecule has 1 aliphatic rings. The number of benzene rings is 1. The molecule has 6 rings (SSSR count). The molecule has 0 saturated carbocycles. The van der Waals surface area contributed by atoms with Gasteiger partial charge in [-0.05, 0) is 91.4 Å². The zero-order valence-corrected chi connectivity index (χ0v) is 38.2. The molecule has 14 heteroatoms. The number of esters is 1. The monoisotopic (exact) mass is 893 g/mol. The van der Waals surface area contributed by atoms with Crippen LogP contribution in [0, 0.1) is 30.4 Å². The second kappa shape index (κ2) is 20.3. The molecule has 0 aliphatic heterocycles. The number of carbonyl (C=O) groups is 1. The van der Waals surface area contributed by atoms with Crippen LogP contribution >= 0.6 is 50.5 Å². The number of nitrogen functional groups attached to an aromatic ring is 1. The Morgan fingerprint density at radius 3 is 2.18 bits per heavy atom. The van der Waals surface area contributed by atoms with Gasteiger partial charge in [-0.25, -0.2) is 24.7 Å². The van der Waals surface area contributed by atoms with Gasteiger partial charge in [-0.3, -0.25) is 0 Å². The number of hydrogen-bond acceptors (Lipinski definition) is 9. The normalized spacial score (nSPS) is 14.4. The number of nitrogens with zero attached hydrogens (tertiary/aromatic N) is 4. The second-order valence-electron chi connectivity index (χ2n) is 14.6. The van der Waals surface area contributed by atoms with Crippen LogP contribution in [0.25, 0.3) is 10.6 Å². The van der Waals surface area contributed by atoms with Crippen LogP contribution in [0.3, 0.4) is 0 Å². The Balaban J connectivity index is 0.000000247. The number of aromatic nitrogens is 4. The molecule has 0 spiro atoms. The van der Waals surface area contributed by atoms with E-state index in [2.05, 4.69) is 92.2 Å². The van der Waals surface area contributed by atoms with Gasteiger partial charge in [-0.1, -0.05) is 90.4 Å². The number of rotatable bonds is 3. The van der Waals surface area contributed by atoms with Crippen LogP contribution in [0.4, 0.5) is 5.82 Å². The number of nitrogens with two attached hydrogens (primary N) is 1. The Kier molecular flexibility index (Phi) is 16.8. The number of halogens is 3. The lowest BCUT2D eigenvalue weighted by Gasteiger charge is -2.33. The van der Waals surface area contributed by atoms with Gasteiger partial charge >= 0.3 is 5.97 Å². The maximum absolute atomic E-state index is 11.8. The molecule has 8 nitrogen and oxygen atoms in total. The highest BCUT2D eigenvalue weighted by Crippen LogP contribution is 2.43. The molecule has 0 bridgehead atoms. The Morgan fingerprint density at radius 1 is 0.982 bits per heavy atom. The first-order valence-corrected chi connectivity index (χ1v) is 26.6. The minimum Gasteiger partial charge on any atom is -0.465 e. The van der Waals surface area contributed by atoms with E-state index >= 15 is 0 Å². The molecule has 0 saturated heterocycles. The van der Waals surface area contributed by atoms with Gasteiger partial charge in [0.1, 0.15) is 42.9 Å². The number of ether oxygens (including phenoxy) is 1. The fraction of sp³-hybridized carbons (Fsp3) is 0.293. The average Bonchev–Trinajstić information content (AvgIpc) is 3.62. The highest BCUT2D eigenvalue weighted by Gasteiger charge is 2.39. The van der Waals surface area contributed by atoms with E-state index in [4.69, 9.17) is 40.1 Å².